The van der Waals surface area contributed by atoms with Gasteiger partial charge >= 0.3 is 11.9 Å². The molecule has 2 fully saturated rings. The topological polar surface area (TPSA) is 267 Å². The van der Waals surface area contributed by atoms with E-state index in [1.807, 2.05) is 30.3 Å². The Bertz CT molecular complexity index is 2340. The van der Waals surface area contributed by atoms with Crippen molar-refractivity contribution in [3.05, 3.63) is 119 Å². The molecule has 10 N–H and O–H groups in total. The summed E-state index contributed by atoms with van der Waals surface area (Å²) < 4.78 is 11.0. The van der Waals surface area contributed by atoms with Crippen LogP contribution >= 0.6 is 0 Å². The smallest absolute Gasteiger partial charge is 0.355 e. The molecule has 4 aliphatic rings. The number of hydrogen-bond donors (Lipinski definition) is 10. The number of benzene rings is 3. The number of anilines is 1. The summed E-state index contributed by atoms with van der Waals surface area (Å²) in [5.74, 6) is -8.01. The molecule has 1 saturated heterocycles. The third-order valence-electron chi connectivity index (χ3n) is 13.2. The van der Waals surface area contributed by atoms with Gasteiger partial charge in [0.25, 0.3) is 5.91 Å². The van der Waals surface area contributed by atoms with Crippen LogP contribution in [0, 0.1) is 5.92 Å². The molecule has 0 spiro atoms. The number of nitrogens with one attached hydrogen (secondary N) is 1. The summed E-state index contributed by atoms with van der Waals surface area (Å²) in [6.45, 7) is -1.06. The molecule has 0 bridgehead atoms. The number of H-pyrrole nitrogens is 1. The summed E-state index contributed by atoms with van der Waals surface area (Å²) in [5.41, 5.74) is 1.11. The third kappa shape index (κ3) is 7.24. The normalized spacial score (nSPS) is 29.0. The van der Waals surface area contributed by atoms with Gasteiger partial charge in [0.1, 0.15) is 24.1 Å². The van der Waals surface area contributed by atoms with Gasteiger partial charge in [-0.3, -0.25) is 9.69 Å². The number of aromatic nitrogens is 2. The highest BCUT2D eigenvalue weighted by molar-refractivity contribution is 6.13. The number of hydrogen-bond acceptors (Lipinski definition) is 13. The maximum atomic E-state index is 15.0. The molecular weight excluding hydrogens is 803 g/mol. The number of aliphatic hydroxyl groups excluding tert-OH is 5. The van der Waals surface area contributed by atoms with Gasteiger partial charge < -0.3 is 60.4 Å². The van der Waals surface area contributed by atoms with E-state index in [1.54, 1.807) is 24.4 Å². The minimum atomic E-state index is -3.14. The summed E-state index contributed by atoms with van der Waals surface area (Å²) >= 11 is 0. The average Bonchev–Trinajstić information content (AvgIpc) is 3.98. The van der Waals surface area contributed by atoms with Crippen LogP contribution in [0.4, 0.5) is 5.69 Å². The molecule has 2 aliphatic carbocycles. The number of aromatic hydroxyl groups is 2. The fourth-order valence-corrected chi connectivity index (χ4v) is 10.4. The van der Waals surface area contributed by atoms with E-state index in [4.69, 9.17) is 9.47 Å². The van der Waals surface area contributed by atoms with Crippen molar-refractivity contribution in [3.63, 3.8) is 0 Å². The summed E-state index contributed by atoms with van der Waals surface area (Å²) in [4.78, 5) is 37.4. The van der Waals surface area contributed by atoms with Crippen LogP contribution < -0.4 is 9.64 Å². The highest BCUT2D eigenvalue weighted by Crippen LogP contribution is 2.66. The zero-order valence-corrected chi connectivity index (χ0v) is 33.7. The Hall–Kier alpha value is -5.59. The molecular formula is C46H51N3O13. The second-order valence-electron chi connectivity index (χ2n) is 16.7. The molecule has 3 aromatic carbocycles. The first-order valence-corrected chi connectivity index (χ1v) is 20.8. The second-order valence-corrected chi connectivity index (χ2v) is 16.7. The summed E-state index contributed by atoms with van der Waals surface area (Å²) in [7, 11) is 0. The molecule has 1 saturated carbocycles. The molecule has 62 heavy (non-hydrogen) atoms. The van der Waals surface area contributed by atoms with Crippen LogP contribution in [0.1, 0.15) is 78.8 Å². The standard InChI is InChI=1S/C46H51N3O13/c50-17-7-8-27-22-45(43(58)59)39(38(27)44(15-5-2-6-16-44)29-9-3-1-4-10-29)31-20-34(53)35(61-46(60)42(57)41(56)40(55)36(24-51)62-46)21-32(31)49(45)37(54)14-12-26-11-13-33(52)28(18-26)19-30-23-47-25-48-30/h1,3-4,9-14,18,20-23,25,36,38-42,50-53,55-57,60H,2,5-8,15-17,19,24H2,(H,47,48)(H,58,59). The summed E-state index contributed by atoms with van der Waals surface area (Å²) in [5, 5.41) is 97.0. The van der Waals surface area contributed by atoms with Gasteiger partial charge in [0.15, 0.2) is 23.1 Å². The number of amides is 1. The van der Waals surface area contributed by atoms with Gasteiger partial charge in [-0.05, 0) is 78.6 Å². The fraction of sp³-hybridized carbons (Fsp3) is 0.413. The predicted molar refractivity (Wildman–Crippen MR) is 222 cm³/mol. The molecule has 16 nitrogen and oxygen atoms in total. The lowest BCUT2D eigenvalue weighted by Crippen LogP contribution is -2.67. The molecule has 8 unspecified atom stereocenters. The van der Waals surface area contributed by atoms with E-state index in [0.717, 1.165) is 47.1 Å². The number of nitrogens with zero attached hydrogens (tertiary/aromatic N) is 2. The number of aliphatic hydroxyl groups is 6. The maximum absolute atomic E-state index is 15.0. The molecule has 3 heterocycles. The van der Waals surface area contributed by atoms with E-state index in [0.29, 0.717) is 43.2 Å². The van der Waals surface area contributed by atoms with Gasteiger partial charge in [-0.2, -0.15) is 0 Å². The number of rotatable bonds is 13. The number of phenolic OH excluding ortho intramolecular Hbond substituents is 2. The SMILES string of the molecule is O=C(C=Cc1ccc(O)c(Cc2cnc[nH]2)c1)N1c2cc(OC3(O)OC(CO)C(O)C(O)C3O)c(O)cc2C2C(C3(c4ccccc4)CCCCC3)C(CCCO)=CC21C(=O)O. The van der Waals surface area contributed by atoms with Gasteiger partial charge in [-0.15, -0.1) is 0 Å². The lowest BCUT2D eigenvalue weighted by molar-refractivity contribution is -0.422. The number of carbonyl (C=O) groups is 2. The third-order valence-corrected chi connectivity index (χ3v) is 13.2. The zero-order valence-electron chi connectivity index (χ0n) is 33.7. The van der Waals surface area contributed by atoms with Crippen LogP contribution in [0.25, 0.3) is 6.08 Å². The number of imidazole rings is 1. The number of carboxylic acids is 1. The van der Waals surface area contributed by atoms with Crippen molar-refractivity contribution < 1.29 is 65.0 Å². The minimum absolute atomic E-state index is 0.000148. The lowest BCUT2D eigenvalue weighted by atomic mass is 9.56. The van der Waals surface area contributed by atoms with Crippen LogP contribution in [0.2, 0.25) is 0 Å². The van der Waals surface area contributed by atoms with Gasteiger partial charge in [-0.1, -0.05) is 61.2 Å². The maximum Gasteiger partial charge on any atom is 0.355 e. The lowest BCUT2D eigenvalue weighted by Gasteiger charge is -2.47. The van der Waals surface area contributed by atoms with Crippen LogP contribution in [-0.2, 0) is 26.2 Å². The quantitative estimate of drug-likeness (QED) is 0.0527. The van der Waals surface area contributed by atoms with Crippen molar-refractivity contribution in [2.45, 2.75) is 98.6 Å². The molecule has 0 radical (unpaired) electrons. The van der Waals surface area contributed by atoms with E-state index in [9.17, 15) is 55.5 Å². The number of phenols is 2. The number of ether oxygens (including phenoxy) is 2. The Kier molecular flexibility index (Phi) is 11.8. The predicted octanol–water partition coefficient (Wildman–Crippen LogP) is 3.11. The Labute approximate surface area is 356 Å². The Morgan fingerprint density at radius 3 is 2.39 bits per heavy atom. The fourth-order valence-electron chi connectivity index (χ4n) is 10.4. The molecule has 8 rings (SSSR count). The number of carboxylic acid groups (broad SMARTS) is 1. The summed E-state index contributed by atoms with van der Waals surface area (Å²) in [6.07, 6.45) is 4.68. The van der Waals surface area contributed by atoms with Crippen molar-refractivity contribution >= 4 is 23.6 Å². The monoisotopic (exact) mass is 853 g/mol. The van der Waals surface area contributed by atoms with Crippen molar-refractivity contribution in [1.82, 2.24) is 9.97 Å². The van der Waals surface area contributed by atoms with Gasteiger partial charge in [0, 0.05) is 54.0 Å². The minimum Gasteiger partial charge on any atom is -0.508 e. The Morgan fingerprint density at radius 1 is 0.952 bits per heavy atom. The van der Waals surface area contributed by atoms with Gasteiger partial charge in [0.2, 0.25) is 0 Å². The zero-order chi connectivity index (χ0) is 44.0. The number of carbonyl (C=O) groups excluding carboxylic acids is 1. The van der Waals surface area contributed by atoms with Crippen molar-refractivity contribution in [1.29, 1.82) is 0 Å². The number of aliphatic carboxylic acids is 1. The molecule has 328 valence electrons. The summed E-state index contributed by atoms with van der Waals surface area (Å²) in [6, 6.07) is 17.1. The van der Waals surface area contributed by atoms with E-state index < -0.39 is 83.2 Å². The average molecular weight is 854 g/mol. The Morgan fingerprint density at radius 2 is 1.71 bits per heavy atom. The first kappa shape index (κ1) is 43.1. The highest BCUT2D eigenvalue weighted by Gasteiger charge is 2.67. The van der Waals surface area contributed by atoms with Crippen molar-refractivity contribution in [2.75, 3.05) is 18.1 Å². The van der Waals surface area contributed by atoms with E-state index in [1.165, 1.54) is 30.6 Å². The van der Waals surface area contributed by atoms with E-state index in [-0.39, 0.29) is 23.6 Å². The molecule has 1 aromatic heterocycles. The van der Waals surface area contributed by atoms with Crippen LogP contribution in [-0.4, -0.2) is 117 Å². The molecule has 16 heteroatoms. The van der Waals surface area contributed by atoms with E-state index in [2.05, 4.69) is 9.97 Å². The largest absolute Gasteiger partial charge is 0.508 e. The highest BCUT2D eigenvalue weighted by atomic mass is 16.8. The number of fused-ring (bicyclic) bond motifs is 3. The molecule has 2 aliphatic heterocycles. The molecule has 8 atom stereocenters. The first-order chi connectivity index (χ1) is 29.8. The number of aromatic amines is 1. The van der Waals surface area contributed by atoms with Crippen LogP contribution in [0.3, 0.4) is 0 Å². The van der Waals surface area contributed by atoms with Crippen molar-refractivity contribution in [3.8, 4) is 17.2 Å². The van der Waals surface area contributed by atoms with Crippen LogP contribution in [0.5, 0.6) is 17.2 Å². The molecule has 1 amide bonds. The second kappa shape index (κ2) is 16.9. The van der Waals surface area contributed by atoms with Crippen LogP contribution in [0.15, 0.2) is 90.9 Å². The van der Waals surface area contributed by atoms with E-state index >= 15 is 0 Å². The van der Waals surface area contributed by atoms with Gasteiger partial charge in [-0.25, -0.2) is 9.78 Å². The van der Waals surface area contributed by atoms with Gasteiger partial charge in [0.05, 0.1) is 18.6 Å². The van der Waals surface area contributed by atoms with Crippen molar-refractivity contribution in [2.24, 2.45) is 5.92 Å². The number of allylic oxidation sites excluding steroid dienone is 1. The first-order valence-electron chi connectivity index (χ1n) is 20.8. The Balaban J connectivity index is 1.29. The molecule has 4 aromatic rings.